The highest BCUT2D eigenvalue weighted by atomic mass is 16.7. The molecule has 1 aliphatic rings. The maximum atomic E-state index is 12.3. The van der Waals surface area contributed by atoms with Gasteiger partial charge in [0.2, 0.25) is 0 Å². The fourth-order valence-corrected chi connectivity index (χ4v) is 2.29. The van der Waals surface area contributed by atoms with Crippen molar-refractivity contribution >= 4 is 17.8 Å². The average molecular weight is 311 g/mol. The van der Waals surface area contributed by atoms with E-state index in [0.29, 0.717) is 0 Å². The highest BCUT2D eigenvalue weighted by molar-refractivity contribution is 6.21. The molecular weight excluding hydrogens is 298 g/mol. The van der Waals surface area contributed by atoms with Crippen LogP contribution in [0.15, 0.2) is 48.5 Å². The first-order chi connectivity index (χ1) is 11.1. The van der Waals surface area contributed by atoms with Crippen molar-refractivity contribution in [2.24, 2.45) is 0 Å². The highest BCUT2D eigenvalue weighted by Crippen LogP contribution is 2.25. The fourth-order valence-electron chi connectivity index (χ4n) is 2.29. The van der Waals surface area contributed by atoms with Gasteiger partial charge in [-0.05, 0) is 23.8 Å². The summed E-state index contributed by atoms with van der Waals surface area (Å²) in [5.41, 5.74) is 1.37. The van der Waals surface area contributed by atoms with Crippen LogP contribution >= 0.6 is 0 Å². The monoisotopic (exact) mass is 311 g/mol. The minimum absolute atomic E-state index is 0.0934. The molecule has 1 heterocycles. The molecule has 2 aromatic rings. The Balaban J connectivity index is 1.81. The summed E-state index contributed by atoms with van der Waals surface area (Å²) in [5.74, 6) is -1.71. The zero-order chi connectivity index (χ0) is 16.4. The average Bonchev–Trinajstić information content (AvgIpc) is 2.84. The van der Waals surface area contributed by atoms with E-state index in [2.05, 4.69) is 4.74 Å². The van der Waals surface area contributed by atoms with Crippen molar-refractivity contribution < 1.29 is 24.0 Å². The Morgan fingerprint density at radius 3 is 2.39 bits per heavy atom. The van der Waals surface area contributed by atoms with Crippen LogP contribution in [-0.2, 0) is 16.2 Å². The van der Waals surface area contributed by atoms with Gasteiger partial charge in [0, 0.05) is 0 Å². The van der Waals surface area contributed by atoms with Crippen LogP contribution in [0.5, 0.6) is 0 Å². The lowest BCUT2D eigenvalue weighted by Crippen LogP contribution is -2.29. The smallest absolute Gasteiger partial charge is 0.337 e. The van der Waals surface area contributed by atoms with Gasteiger partial charge in [-0.1, -0.05) is 30.3 Å². The van der Waals surface area contributed by atoms with Gasteiger partial charge in [0.15, 0.2) is 0 Å². The second-order valence-corrected chi connectivity index (χ2v) is 4.92. The topological polar surface area (TPSA) is 72.9 Å². The molecule has 23 heavy (non-hydrogen) atoms. The minimum atomic E-state index is -0.591. The van der Waals surface area contributed by atoms with E-state index in [9.17, 15) is 14.4 Å². The summed E-state index contributed by atoms with van der Waals surface area (Å²) in [7, 11) is 1.25. The SMILES string of the molecule is COC(=O)c1ccc2c(c1)C(=O)N(OCc1ccccc1)C2=O. The minimum Gasteiger partial charge on any atom is -0.465 e. The van der Waals surface area contributed by atoms with Gasteiger partial charge in [0.25, 0.3) is 11.8 Å². The number of carbonyl (C=O) groups is 3. The van der Waals surface area contributed by atoms with Crippen molar-refractivity contribution in [3.8, 4) is 0 Å². The number of ether oxygens (including phenoxy) is 1. The third kappa shape index (κ3) is 2.72. The maximum absolute atomic E-state index is 12.3. The molecule has 0 unspecified atom stereocenters. The normalized spacial score (nSPS) is 13.2. The summed E-state index contributed by atoms with van der Waals surface area (Å²) in [6.45, 7) is 0.0934. The van der Waals surface area contributed by atoms with Gasteiger partial charge in [-0.2, -0.15) is 0 Å². The quantitative estimate of drug-likeness (QED) is 0.639. The Bertz CT molecular complexity index is 785. The zero-order valence-corrected chi connectivity index (χ0v) is 12.3. The summed E-state index contributed by atoms with van der Waals surface area (Å²) in [6, 6.07) is 13.4. The molecule has 3 rings (SSSR count). The molecular formula is C17H13NO5. The second-order valence-electron chi connectivity index (χ2n) is 4.92. The molecule has 0 saturated carbocycles. The Labute approximate surface area is 132 Å². The van der Waals surface area contributed by atoms with Crippen LogP contribution in [0.1, 0.15) is 36.6 Å². The van der Waals surface area contributed by atoms with Gasteiger partial charge in [0.1, 0.15) is 6.61 Å². The third-order valence-corrected chi connectivity index (χ3v) is 3.47. The Hall–Kier alpha value is -2.99. The molecule has 0 atom stereocenters. The van der Waals surface area contributed by atoms with E-state index < -0.39 is 17.8 Å². The summed E-state index contributed by atoms with van der Waals surface area (Å²) < 4.78 is 4.61. The molecule has 0 aromatic heterocycles. The molecule has 0 radical (unpaired) electrons. The predicted octanol–water partition coefficient (Wildman–Crippen LogP) is 2.20. The van der Waals surface area contributed by atoms with Crippen LogP contribution in [-0.4, -0.2) is 30.0 Å². The van der Waals surface area contributed by atoms with Gasteiger partial charge >= 0.3 is 5.97 Å². The van der Waals surface area contributed by atoms with Gasteiger partial charge in [-0.15, -0.1) is 5.06 Å². The number of hydroxylamine groups is 2. The van der Waals surface area contributed by atoms with E-state index in [4.69, 9.17) is 4.84 Å². The molecule has 6 heteroatoms. The number of fused-ring (bicyclic) bond motifs is 1. The summed E-state index contributed by atoms with van der Waals surface area (Å²) >= 11 is 0. The summed E-state index contributed by atoms with van der Waals surface area (Å²) in [5, 5.41) is 0.721. The number of imide groups is 1. The first kappa shape index (κ1) is 14.9. The van der Waals surface area contributed by atoms with Crippen molar-refractivity contribution in [2.45, 2.75) is 6.61 Å². The molecule has 0 spiro atoms. The molecule has 1 aliphatic heterocycles. The summed E-state index contributed by atoms with van der Waals surface area (Å²) in [4.78, 5) is 41.4. The van der Waals surface area contributed by atoms with Crippen LogP contribution in [0.4, 0.5) is 0 Å². The van der Waals surface area contributed by atoms with Gasteiger partial charge < -0.3 is 4.74 Å². The second kappa shape index (κ2) is 6.02. The van der Waals surface area contributed by atoms with E-state index >= 15 is 0 Å². The lowest BCUT2D eigenvalue weighted by atomic mass is 10.1. The van der Waals surface area contributed by atoms with E-state index in [1.807, 2.05) is 30.3 Å². The van der Waals surface area contributed by atoms with Crippen molar-refractivity contribution in [1.82, 2.24) is 5.06 Å². The Morgan fingerprint density at radius 1 is 1.00 bits per heavy atom. The maximum Gasteiger partial charge on any atom is 0.337 e. The van der Waals surface area contributed by atoms with Gasteiger partial charge in [-0.25, -0.2) is 4.79 Å². The van der Waals surface area contributed by atoms with Crippen LogP contribution in [0.25, 0.3) is 0 Å². The number of methoxy groups -OCH3 is 1. The fraction of sp³-hybridized carbons (Fsp3) is 0.118. The Kier molecular flexibility index (Phi) is 3.91. The van der Waals surface area contributed by atoms with E-state index in [1.165, 1.54) is 25.3 Å². The highest BCUT2D eigenvalue weighted by Gasteiger charge is 2.37. The van der Waals surface area contributed by atoms with Crippen LogP contribution in [0.2, 0.25) is 0 Å². The first-order valence-corrected chi connectivity index (χ1v) is 6.90. The largest absolute Gasteiger partial charge is 0.465 e. The van der Waals surface area contributed by atoms with Gasteiger partial charge in [0.05, 0.1) is 23.8 Å². The molecule has 0 N–H and O–H groups in total. The van der Waals surface area contributed by atoms with Crippen LogP contribution in [0, 0.1) is 0 Å². The number of hydrogen-bond acceptors (Lipinski definition) is 5. The Morgan fingerprint density at radius 2 is 1.70 bits per heavy atom. The molecule has 2 amide bonds. The van der Waals surface area contributed by atoms with Gasteiger partial charge in [-0.3, -0.25) is 14.4 Å². The van der Waals surface area contributed by atoms with Crippen molar-refractivity contribution in [3.05, 3.63) is 70.8 Å². The molecule has 6 nitrogen and oxygen atoms in total. The molecule has 0 saturated heterocycles. The number of benzene rings is 2. The molecule has 0 aliphatic carbocycles. The molecule has 2 aromatic carbocycles. The predicted molar refractivity (Wildman–Crippen MR) is 79.5 cm³/mol. The lowest BCUT2D eigenvalue weighted by Gasteiger charge is -2.13. The molecule has 0 fully saturated rings. The lowest BCUT2D eigenvalue weighted by molar-refractivity contribution is -0.101. The van der Waals surface area contributed by atoms with E-state index in [1.54, 1.807) is 0 Å². The summed E-state index contributed by atoms with van der Waals surface area (Å²) in [6.07, 6.45) is 0. The third-order valence-electron chi connectivity index (χ3n) is 3.47. The molecule has 0 bridgehead atoms. The number of esters is 1. The van der Waals surface area contributed by atoms with Crippen LogP contribution in [0.3, 0.4) is 0 Å². The number of hydrogen-bond donors (Lipinski definition) is 0. The van der Waals surface area contributed by atoms with Crippen molar-refractivity contribution in [3.63, 3.8) is 0 Å². The zero-order valence-electron chi connectivity index (χ0n) is 12.3. The van der Waals surface area contributed by atoms with Crippen molar-refractivity contribution in [1.29, 1.82) is 0 Å². The molecule has 116 valence electrons. The number of amides is 2. The number of carbonyl (C=O) groups excluding carboxylic acids is 3. The first-order valence-electron chi connectivity index (χ1n) is 6.90. The number of nitrogens with zero attached hydrogens (tertiary/aromatic N) is 1. The van der Waals surface area contributed by atoms with E-state index in [-0.39, 0.29) is 23.3 Å². The van der Waals surface area contributed by atoms with Crippen molar-refractivity contribution in [2.75, 3.05) is 7.11 Å². The van der Waals surface area contributed by atoms with E-state index in [0.717, 1.165) is 10.6 Å². The number of rotatable bonds is 4. The standard InChI is InChI=1S/C17H13NO5/c1-22-17(21)12-7-8-13-14(9-12)16(20)18(15(13)19)23-10-11-5-3-2-4-6-11/h2-9H,10H2,1H3. The van der Waals surface area contributed by atoms with Crippen LogP contribution < -0.4 is 0 Å².